The van der Waals surface area contributed by atoms with E-state index in [1.165, 1.54) is 0 Å². The molecule has 0 aliphatic rings. The van der Waals surface area contributed by atoms with Gasteiger partial charge in [-0.15, -0.1) is 0 Å². The molecule has 54 valence electrons. The summed E-state index contributed by atoms with van der Waals surface area (Å²) in [5.41, 5.74) is 0. The van der Waals surface area contributed by atoms with Crippen molar-refractivity contribution >= 4 is 60.8 Å². The summed E-state index contributed by atoms with van der Waals surface area (Å²) in [7, 11) is 0. The Balaban J connectivity index is -0.00000000800. The second kappa shape index (κ2) is 16.9. The monoisotopic (exact) mass is 284 g/mol. The number of rotatable bonds is 0. The van der Waals surface area contributed by atoms with Crippen molar-refractivity contribution in [1.82, 2.24) is 0 Å². The van der Waals surface area contributed by atoms with Crippen LogP contribution < -0.4 is 29.6 Å². The van der Waals surface area contributed by atoms with Gasteiger partial charge in [-0.3, -0.25) is 9.59 Å². The first-order chi connectivity index (χ1) is 3.46. The molecule has 0 aliphatic heterocycles. The minimum absolute atomic E-state index is 0. The summed E-state index contributed by atoms with van der Waals surface area (Å²) in [5.74, 6) is -1.67. The SMILES string of the molecule is CC(=O)O.CC(=O)O.[Ba+2].[H-].[H-].[H-].[Na+]. The molecular weight excluding hydrogens is 272 g/mol. The number of carbonyl (C=O) groups is 2. The number of hydrogen-bond acceptors (Lipinski definition) is 2. The van der Waals surface area contributed by atoms with Crippen molar-refractivity contribution < 1.29 is 53.6 Å². The van der Waals surface area contributed by atoms with E-state index in [1.807, 2.05) is 0 Å². The molecule has 2 N–H and O–H groups in total. The molecule has 0 aromatic rings. The predicted octanol–water partition coefficient (Wildman–Crippen LogP) is -2.86. The zero-order valence-corrected chi connectivity index (χ0v) is 12.9. The van der Waals surface area contributed by atoms with Crippen LogP contribution in [0.1, 0.15) is 18.1 Å². The van der Waals surface area contributed by atoms with E-state index in [1.54, 1.807) is 0 Å². The van der Waals surface area contributed by atoms with Gasteiger partial charge >= 0.3 is 78.4 Å². The minimum Gasteiger partial charge on any atom is -1.00 e. The summed E-state index contributed by atoms with van der Waals surface area (Å²) in [6, 6.07) is 0. The van der Waals surface area contributed by atoms with Crippen LogP contribution in [0.15, 0.2) is 0 Å². The average molecular weight is 283 g/mol. The topological polar surface area (TPSA) is 74.6 Å². The van der Waals surface area contributed by atoms with Crippen molar-refractivity contribution in [2.75, 3.05) is 0 Å². The van der Waals surface area contributed by atoms with Gasteiger partial charge in [-0.1, -0.05) is 0 Å². The van der Waals surface area contributed by atoms with E-state index in [0.29, 0.717) is 0 Å². The molecule has 0 rings (SSSR count). The van der Waals surface area contributed by atoms with Gasteiger partial charge in [0, 0.05) is 13.8 Å². The second-order valence-corrected chi connectivity index (χ2v) is 1.04. The van der Waals surface area contributed by atoms with Gasteiger partial charge in [-0.05, 0) is 0 Å². The molecule has 0 spiro atoms. The van der Waals surface area contributed by atoms with Gasteiger partial charge in [0.05, 0.1) is 0 Å². The van der Waals surface area contributed by atoms with Gasteiger partial charge in [0.1, 0.15) is 0 Å². The Kier molecular flexibility index (Phi) is 38.0. The van der Waals surface area contributed by atoms with Gasteiger partial charge in [0.15, 0.2) is 0 Å². The van der Waals surface area contributed by atoms with Crippen molar-refractivity contribution in [3.8, 4) is 0 Å². The van der Waals surface area contributed by atoms with Gasteiger partial charge in [-0.2, -0.15) is 0 Å². The van der Waals surface area contributed by atoms with Crippen LogP contribution in [0.2, 0.25) is 0 Å². The van der Waals surface area contributed by atoms with Crippen LogP contribution in [-0.2, 0) is 9.59 Å². The fourth-order valence-corrected chi connectivity index (χ4v) is 0. The Hall–Kier alpha value is 1.51. The van der Waals surface area contributed by atoms with E-state index < -0.39 is 11.9 Å². The standard InChI is InChI=1S/2C2H4O2.Ba.Na.3H/c2*1-2(3)4;;;;;/h2*1H3,(H,3,4);;;;;/q;;+2;+1;3*-1. The maximum atomic E-state index is 9.00. The zero-order valence-electron chi connectivity index (χ0n) is 9.42. The number of hydrogen-bond donors (Lipinski definition) is 2. The number of aliphatic carboxylic acids is 2. The normalized spacial score (nSPS) is 5.00. The van der Waals surface area contributed by atoms with E-state index in [4.69, 9.17) is 19.8 Å². The van der Waals surface area contributed by atoms with Crippen molar-refractivity contribution in [3.63, 3.8) is 0 Å². The molecule has 0 aromatic heterocycles. The van der Waals surface area contributed by atoms with E-state index in [0.717, 1.165) is 13.8 Å². The fourth-order valence-electron chi connectivity index (χ4n) is 0. The van der Waals surface area contributed by atoms with Gasteiger partial charge < -0.3 is 14.5 Å². The maximum Gasteiger partial charge on any atom is 2.00 e. The van der Waals surface area contributed by atoms with Crippen molar-refractivity contribution in [2.24, 2.45) is 0 Å². The summed E-state index contributed by atoms with van der Waals surface area (Å²) < 4.78 is 0. The van der Waals surface area contributed by atoms with Crippen LogP contribution in [0.3, 0.4) is 0 Å². The van der Waals surface area contributed by atoms with Crippen LogP contribution >= 0.6 is 0 Å². The Bertz CT molecular complexity index is 85.4. The summed E-state index contributed by atoms with van der Waals surface area (Å²) in [6.45, 7) is 2.17. The first-order valence-electron chi connectivity index (χ1n) is 1.86. The van der Waals surface area contributed by atoms with E-state index in [-0.39, 0.29) is 82.7 Å². The largest absolute Gasteiger partial charge is 2.00 e. The first-order valence-corrected chi connectivity index (χ1v) is 1.86. The fraction of sp³-hybridized carbons (Fsp3) is 0.500. The van der Waals surface area contributed by atoms with Crippen molar-refractivity contribution in [3.05, 3.63) is 0 Å². The van der Waals surface area contributed by atoms with Gasteiger partial charge in [-0.25, -0.2) is 0 Å². The zero-order chi connectivity index (χ0) is 7.15. The molecule has 0 radical (unpaired) electrons. The summed E-state index contributed by atoms with van der Waals surface area (Å²) in [4.78, 5) is 18.0. The molecule has 0 aliphatic carbocycles. The molecule has 0 aromatic carbocycles. The molecule has 10 heavy (non-hydrogen) atoms. The number of carboxylic acids is 2. The number of carboxylic acid groups (broad SMARTS) is 2. The summed E-state index contributed by atoms with van der Waals surface area (Å²) in [6.07, 6.45) is 0. The van der Waals surface area contributed by atoms with E-state index in [9.17, 15) is 0 Å². The molecule has 0 heterocycles. The molecule has 0 unspecified atom stereocenters. The average Bonchev–Trinajstić information content (AvgIpc) is 1.25. The third-order valence-corrected chi connectivity index (χ3v) is 0. The third-order valence-electron chi connectivity index (χ3n) is 0. The third kappa shape index (κ3) is 302. The quantitative estimate of drug-likeness (QED) is 0.469. The summed E-state index contributed by atoms with van der Waals surface area (Å²) in [5, 5.41) is 14.8. The predicted molar refractivity (Wildman–Crippen MR) is 35.7 cm³/mol. The molecule has 0 fully saturated rings. The molecule has 0 saturated heterocycles. The van der Waals surface area contributed by atoms with Crippen LogP contribution in [0.5, 0.6) is 0 Å². The Morgan fingerprint density at radius 1 is 1.10 bits per heavy atom. The van der Waals surface area contributed by atoms with Gasteiger partial charge in [0.2, 0.25) is 0 Å². The molecule has 4 nitrogen and oxygen atoms in total. The molecule has 0 amide bonds. The molecular formula is C4H11BaNaO4. The molecule has 0 saturated carbocycles. The first kappa shape index (κ1) is 22.5. The van der Waals surface area contributed by atoms with Crippen molar-refractivity contribution in [1.29, 1.82) is 0 Å². The Morgan fingerprint density at radius 3 is 1.10 bits per heavy atom. The van der Waals surface area contributed by atoms with E-state index in [2.05, 4.69) is 0 Å². The van der Waals surface area contributed by atoms with E-state index >= 15 is 0 Å². The molecule has 6 heteroatoms. The Labute approximate surface area is 126 Å². The summed E-state index contributed by atoms with van der Waals surface area (Å²) >= 11 is 0. The maximum absolute atomic E-state index is 9.00. The smallest absolute Gasteiger partial charge is 1.00 e. The minimum atomic E-state index is -0.833. The van der Waals surface area contributed by atoms with Crippen LogP contribution in [0.25, 0.3) is 0 Å². The molecule has 0 bridgehead atoms. The van der Waals surface area contributed by atoms with Crippen LogP contribution in [0, 0.1) is 0 Å². The van der Waals surface area contributed by atoms with Crippen molar-refractivity contribution in [2.45, 2.75) is 13.8 Å². The van der Waals surface area contributed by atoms with Gasteiger partial charge in [0.25, 0.3) is 11.9 Å². The molecule has 0 atom stereocenters. The second-order valence-electron chi connectivity index (χ2n) is 1.04. The Morgan fingerprint density at radius 2 is 1.10 bits per heavy atom. The van der Waals surface area contributed by atoms with Crippen LogP contribution in [-0.4, -0.2) is 71.0 Å². The van der Waals surface area contributed by atoms with Crippen LogP contribution in [0.4, 0.5) is 0 Å².